The summed E-state index contributed by atoms with van der Waals surface area (Å²) in [4.78, 5) is 3.46. The second-order valence-electron chi connectivity index (χ2n) is 4.69. The van der Waals surface area contributed by atoms with Gasteiger partial charge in [0.2, 0.25) is 0 Å². The molecule has 4 heteroatoms. The summed E-state index contributed by atoms with van der Waals surface area (Å²) in [6, 6.07) is 10.2. The largest absolute Gasteiger partial charge is 0.389 e. The molecule has 2 rings (SSSR count). The lowest BCUT2D eigenvalue weighted by Crippen LogP contribution is -2.21. The molecule has 0 saturated carbocycles. The van der Waals surface area contributed by atoms with Crippen LogP contribution >= 0.6 is 22.9 Å². The SMILES string of the molecule is CC(O)c1ccc(N(C)C(C)c2cccs2)c(Cl)c1. The highest BCUT2D eigenvalue weighted by atomic mass is 35.5. The summed E-state index contributed by atoms with van der Waals surface area (Å²) in [5.74, 6) is 0. The van der Waals surface area contributed by atoms with Crippen LogP contribution in [0.2, 0.25) is 5.02 Å². The highest BCUT2D eigenvalue weighted by Gasteiger charge is 2.16. The van der Waals surface area contributed by atoms with Gasteiger partial charge in [0.1, 0.15) is 0 Å². The first-order valence-electron chi connectivity index (χ1n) is 6.24. The number of nitrogens with zero attached hydrogens (tertiary/aromatic N) is 1. The molecular weight excluding hydrogens is 278 g/mol. The number of hydrogen-bond donors (Lipinski definition) is 1. The average Bonchev–Trinajstić information content (AvgIpc) is 2.90. The van der Waals surface area contributed by atoms with Gasteiger partial charge in [0, 0.05) is 11.9 Å². The van der Waals surface area contributed by atoms with Gasteiger partial charge in [0.25, 0.3) is 0 Å². The summed E-state index contributed by atoms with van der Waals surface area (Å²) < 4.78 is 0. The Hall–Kier alpha value is -1.03. The maximum Gasteiger partial charge on any atom is 0.0762 e. The second kappa shape index (κ2) is 5.95. The third kappa shape index (κ3) is 3.11. The molecule has 2 atom stereocenters. The van der Waals surface area contributed by atoms with Gasteiger partial charge in [-0.3, -0.25) is 0 Å². The van der Waals surface area contributed by atoms with Crippen LogP contribution in [-0.2, 0) is 0 Å². The van der Waals surface area contributed by atoms with Crippen LogP contribution in [0.5, 0.6) is 0 Å². The van der Waals surface area contributed by atoms with Crippen LogP contribution in [0.4, 0.5) is 5.69 Å². The summed E-state index contributed by atoms with van der Waals surface area (Å²) in [5, 5.41) is 12.3. The van der Waals surface area contributed by atoms with E-state index in [0.717, 1.165) is 11.3 Å². The Morgan fingerprint density at radius 1 is 1.26 bits per heavy atom. The molecule has 1 aromatic heterocycles. The quantitative estimate of drug-likeness (QED) is 0.887. The molecule has 2 aromatic rings. The van der Waals surface area contributed by atoms with Gasteiger partial charge in [-0.05, 0) is 43.0 Å². The highest BCUT2D eigenvalue weighted by Crippen LogP contribution is 2.34. The lowest BCUT2D eigenvalue weighted by molar-refractivity contribution is 0.199. The number of halogens is 1. The fraction of sp³-hybridized carbons (Fsp3) is 0.333. The minimum Gasteiger partial charge on any atom is -0.389 e. The van der Waals surface area contributed by atoms with Crippen LogP contribution in [0, 0.1) is 0 Å². The molecule has 2 unspecified atom stereocenters. The molecule has 19 heavy (non-hydrogen) atoms. The predicted molar refractivity (Wildman–Crippen MR) is 83.2 cm³/mol. The van der Waals surface area contributed by atoms with E-state index in [1.807, 2.05) is 25.2 Å². The van der Waals surface area contributed by atoms with Crippen LogP contribution in [0.1, 0.15) is 36.4 Å². The monoisotopic (exact) mass is 295 g/mol. The average molecular weight is 296 g/mol. The molecule has 1 aromatic carbocycles. The van der Waals surface area contributed by atoms with Crippen molar-refractivity contribution in [3.8, 4) is 0 Å². The van der Waals surface area contributed by atoms with E-state index in [1.54, 1.807) is 18.3 Å². The van der Waals surface area contributed by atoms with Crippen LogP contribution in [0.25, 0.3) is 0 Å². The Bertz CT molecular complexity index is 539. The molecule has 0 spiro atoms. The van der Waals surface area contributed by atoms with E-state index in [2.05, 4.69) is 29.3 Å². The molecule has 0 aliphatic rings. The summed E-state index contributed by atoms with van der Waals surface area (Å²) in [6.07, 6.45) is -0.494. The summed E-state index contributed by atoms with van der Waals surface area (Å²) in [5.41, 5.74) is 1.82. The maximum absolute atomic E-state index is 9.57. The van der Waals surface area contributed by atoms with Crippen molar-refractivity contribution < 1.29 is 5.11 Å². The van der Waals surface area contributed by atoms with E-state index < -0.39 is 6.10 Å². The van der Waals surface area contributed by atoms with E-state index in [0.29, 0.717) is 5.02 Å². The van der Waals surface area contributed by atoms with E-state index in [9.17, 15) is 5.11 Å². The molecule has 0 radical (unpaired) electrons. The van der Waals surface area contributed by atoms with Crippen molar-refractivity contribution >= 4 is 28.6 Å². The Morgan fingerprint density at radius 2 is 2.00 bits per heavy atom. The van der Waals surface area contributed by atoms with E-state index >= 15 is 0 Å². The zero-order valence-corrected chi connectivity index (χ0v) is 12.9. The third-order valence-corrected chi connectivity index (χ3v) is 4.72. The van der Waals surface area contributed by atoms with Gasteiger partial charge in [-0.1, -0.05) is 23.7 Å². The standard InChI is InChI=1S/C15H18ClNOS/c1-10(15-5-4-8-19-15)17(3)14-7-6-12(11(2)18)9-13(14)16/h4-11,18H,1-3H3. The molecule has 1 N–H and O–H groups in total. The minimum atomic E-state index is -0.494. The lowest BCUT2D eigenvalue weighted by Gasteiger charge is -2.27. The maximum atomic E-state index is 9.57. The fourth-order valence-corrected chi connectivity index (χ4v) is 3.15. The van der Waals surface area contributed by atoms with Gasteiger partial charge in [0.05, 0.1) is 22.9 Å². The summed E-state index contributed by atoms with van der Waals surface area (Å²) in [6.45, 7) is 3.90. The number of hydrogen-bond acceptors (Lipinski definition) is 3. The van der Waals surface area contributed by atoms with E-state index in [-0.39, 0.29) is 6.04 Å². The van der Waals surface area contributed by atoms with Crippen LogP contribution in [0.3, 0.4) is 0 Å². The van der Waals surface area contributed by atoms with Crippen molar-refractivity contribution in [2.75, 3.05) is 11.9 Å². The second-order valence-corrected chi connectivity index (χ2v) is 6.08. The number of thiophene rings is 1. The van der Waals surface area contributed by atoms with Crippen LogP contribution in [0.15, 0.2) is 35.7 Å². The topological polar surface area (TPSA) is 23.5 Å². The number of aliphatic hydroxyl groups excluding tert-OH is 1. The molecule has 0 aliphatic carbocycles. The first kappa shape index (κ1) is 14.4. The minimum absolute atomic E-state index is 0.273. The summed E-state index contributed by atoms with van der Waals surface area (Å²) in [7, 11) is 2.04. The molecule has 0 bridgehead atoms. The van der Waals surface area contributed by atoms with Gasteiger partial charge >= 0.3 is 0 Å². The van der Waals surface area contributed by atoms with Crippen molar-refractivity contribution in [3.63, 3.8) is 0 Å². The zero-order chi connectivity index (χ0) is 14.0. The highest BCUT2D eigenvalue weighted by molar-refractivity contribution is 7.10. The van der Waals surface area contributed by atoms with Crippen molar-refractivity contribution in [3.05, 3.63) is 51.2 Å². The number of benzene rings is 1. The molecule has 102 valence electrons. The predicted octanol–water partition coefficient (Wildman–Crippen LogP) is 4.65. The smallest absolute Gasteiger partial charge is 0.0762 e. The summed E-state index contributed by atoms with van der Waals surface area (Å²) >= 11 is 8.07. The number of rotatable bonds is 4. The molecular formula is C15H18ClNOS. The van der Waals surface area contributed by atoms with Crippen LogP contribution in [-0.4, -0.2) is 12.2 Å². The zero-order valence-electron chi connectivity index (χ0n) is 11.3. The molecule has 0 amide bonds. The van der Waals surface area contributed by atoms with Gasteiger partial charge in [-0.15, -0.1) is 11.3 Å². The lowest BCUT2D eigenvalue weighted by atomic mass is 10.1. The number of anilines is 1. The first-order valence-corrected chi connectivity index (χ1v) is 7.50. The van der Waals surface area contributed by atoms with Crippen molar-refractivity contribution in [2.45, 2.75) is 26.0 Å². The van der Waals surface area contributed by atoms with Crippen molar-refractivity contribution in [1.29, 1.82) is 0 Å². The van der Waals surface area contributed by atoms with Crippen LogP contribution < -0.4 is 4.90 Å². The third-order valence-electron chi connectivity index (χ3n) is 3.37. The van der Waals surface area contributed by atoms with Gasteiger partial charge in [-0.25, -0.2) is 0 Å². The Balaban J connectivity index is 2.26. The van der Waals surface area contributed by atoms with Gasteiger partial charge < -0.3 is 10.0 Å². The Kier molecular flexibility index (Phi) is 4.50. The normalized spacial score (nSPS) is 14.2. The van der Waals surface area contributed by atoms with E-state index in [1.165, 1.54) is 4.88 Å². The number of aliphatic hydroxyl groups is 1. The fourth-order valence-electron chi connectivity index (χ4n) is 2.00. The molecule has 0 fully saturated rings. The molecule has 1 heterocycles. The van der Waals surface area contributed by atoms with Crippen molar-refractivity contribution in [1.82, 2.24) is 0 Å². The van der Waals surface area contributed by atoms with Crippen molar-refractivity contribution in [2.24, 2.45) is 0 Å². The Morgan fingerprint density at radius 3 is 2.53 bits per heavy atom. The van der Waals surface area contributed by atoms with Gasteiger partial charge in [0.15, 0.2) is 0 Å². The molecule has 0 aliphatic heterocycles. The molecule has 0 saturated heterocycles. The molecule has 2 nitrogen and oxygen atoms in total. The van der Waals surface area contributed by atoms with Gasteiger partial charge in [-0.2, -0.15) is 0 Å². The Labute approximate surface area is 123 Å². The van der Waals surface area contributed by atoms with E-state index in [4.69, 9.17) is 11.6 Å². The first-order chi connectivity index (χ1) is 9.00.